The predicted molar refractivity (Wildman–Crippen MR) is 54.8 cm³/mol. The molecule has 0 spiro atoms. The van der Waals surface area contributed by atoms with Gasteiger partial charge in [0.15, 0.2) is 0 Å². The number of carboxylic acid groups (broad SMARTS) is 1. The topological polar surface area (TPSA) is 61.8 Å². The Bertz CT molecular complexity index is 223. The van der Waals surface area contributed by atoms with Gasteiger partial charge >= 0.3 is 5.97 Å². The lowest BCUT2D eigenvalue weighted by molar-refractivity contribution is -0.147. The third-order valence-corrected chi connectivity index (χ3v) is 3.24. The second-order valence-corrected chi connectivity index (χ2v) is 4.18. The first-order chi connectivity index (χ1) is 7.29. The third-order valence-electron chi connectivity index (χ3n) is 3.24. The molecule has 0 aromatic carbocycles. The standard InChI is InChI=1S/C10H18N2O3/c13-10(14)9(8-1-2-11-7-8)12-3-5-15-6-4-12/h8-9,11H,1-7H2,(H,13,14). The highest BCUT2D eigenvalue weighted by atomic mass is 16.5. The van der Waals surface area contributed by atoms with Crippen LogP contribution < -0.4 is 5.32 Å². The number of morpholine rings is 1. The van der Waals surface area contributed by atoms with Gasteiger partial charge in [0.25, 0.3) is 0 Å². The van der Waals surface area contributed by atoms with E-state index in [2.05, 4.69) is 5.32 Å². The zero-order chi connectivity index (χ0) is 10.7. The number of aliphatic carboxylic acids is 1. The van der Waals surface area contributed by atoms with Gasteiger partial charge in [-0.05, 0) is 18.9 Å². The number of ether oxygens (including phenoxy) is 1. The van der Waals surface area contributed by atoms with Crippen molar-refractivity contribution in [2.24, 2.45) is 5.92 Å². The second kappa shape index (κ2) is 4.92. The maximum absolute atomic E-state index is 11.3. The lowest BCUT2D eigenvalue weighted by atomic mass is 9.97. The van der Waals surface area contributed by atoms with Gasteiger partial charge in [0.1, 0.15) is 6.04 Å². The van der Waals surface area contributed by atoms with Crippen molar-refractivity contribution in [3.63, 3.8) is 0 Å². The minimum Gasteiger partial charge on any atom is -0.480 e. The van der Waals surface area contributed by atoms with Crippen molar-refractivity contribution < 1.29 is 14.6 Å². The minimum absolute atomic E-state index is 0.251. The first kappa shape index (κ1) is 10.9. The van der Waals surface area contributed by atoms with Gasteiger partial charge in [0, 0.05) is 19.6 Å². The molecule has 2 rings (SSSR count). The molecule has 2 N–H and O–H groups in total. The molecule has 0 aromatic rings. The molecule has 0 bridgehead atoms. The van der Waals surface area contributed by atoms with Crippen LogP contribution >= 0.6 is 0 Å². The number of nitrogens with zero attached hydrogens (tertiary/aromatic N) is 1. The molecule has 2 atom stereocenters. The van der Waals surface area contributed by atoms with Crippen molar-refractivity contribution in [2.45, 2.75) is 12.5 Å². The number of hydrogen-bond acceptors (Lipinski definition) is 4. The smallest absolute Gasteiger partial charge is 0.321 e. The van der Waals surface area contributed by atoms with Gasteiger partial charge in [-0.25, -0.2) is 0 Å². The first-order valence-corrected chi connectivity index (χ1v) is 5.54. The van der Waals surface area contributed by atoms with Crippen LogP contribution in [0.4, 0.5) is 0 Å². The third kappa shape index (κ3) is 2.48. The molecule has 2 aliphatic rings. The van der Waals surface area contributed by atoms with Gasteiger partial charge in [-0.15, -0.1) is 0 Å². The fraction of sp³-hybridized carbons (Fsp3) is 0.900. The fourth-order valence-electron chi connectivity index (χ4n) is 2.46. The van der Waals surface area contributed by atoms with Gasteiger partial charge in [-0.1, -0.05) is 0 Å². The van der Waals surface area contributed by atoms with E-state index in [1.54, 1.807) is 0 Å². The lowest BCUT2D eigenvalue weighted by Gasteiger charge is -2.34. The van der Waals surface area contributed by atoms with E-state index in [9.17, 15) is 9.90 Å². The van der Waals surface area contributed by atoms with Crippen LogP contribution in [0, 0.1) is 5.92 Å². The number of rotatable bonds is 3. The number of carbonyl (C=O) groups is 1. The molecule has 2 unspecified atom stereocenters. The van der Waals surface area contributed by atoms with E-state index in [1.165, 1.54) is 0 Å². The van der Waals surface area contributed by atoms with Crippen LogP contribution in [0.15, 0.2) is 0 Å². The van der Waals surface area contributed by atoms with Gasteiger partial charge in [-0.3, -0.25) is 9.69 Å². The molecule has 86 valence electrons. The Morgan fingerprint density at radius 3 is 2.73 bits per heavy atom. The number of nitrogens with one attached hydrogen (secondary N) is 1. The Labute approximate surface area is 89.4 Å². The van der Waals surface area contributed by atoms with E-state index in [4.69, 9.17) is 4.74 Å². The summed E-state index contributed by atoms with van der Waals surface area (Å²) in [7, 11) is 0. The Kier molecular flexibility index (Phi) is 3.56. The Balaban J connectivity index is 2.00. The Morgan fingerprint density at radius 1 is 1.47 bits per heavy atom. The molecule has 0 radical (unpaired) electrons. The number of carboxylic acids is 1. The van der Waals surface area contributed by atoms with Crippen LogP contribution in [-0.2, 0) is 9.53 Å². The molecule has 0 amide bonds. The average Bonchev–Trinajstić information content (AvgIpc) is 2.72. The van der Waals surface area contributed by atoms with Crippen molar-refractivity contribution >= 4 is 5.97 Å². The van der Waals surface area contributed by atoms with Crippen molar-refractivity contribution in [3.8, 4) is 0 Å². The summed E-state index contributed by atoms with van der Waals surface area (Å²) in [6.45, 7) is 4.57. The lowest BCUT2D eigenvalue weighted by Crippen LogP contribution is -2.51. The Morgan fingerprint density at radius 2 is 2.20 bits per heavy atom. The highest BCUT2D eigenvalue weighted by Gasteiger charge is 2.35. The van der Waals surface area contributed by atoms with Crippen molar-refractivity contribution in [1.82, 2.24) is 10.2 Å². The van der Waals surface area contributed by atoms with E-state index in [0.29, 0.717) is 13.2 Å². The molecular formula is C10H18N2O3. The monoisotopic (exact) mass is 214 g/mol. The molecule has 2 heterocycles. The highest BCUT2D eigenvalue weighted by molar-refractivity contribution is 5.74. The molecule has 15 heavy (non-hydrogen) atoms. The fourth-order valence-corrected chi connectivity index (χ4v) is 2.46. The summed E-state index contributed by atoms with van der Waals surface area (Å²) < 4.78 is 5.24. The zero-order valence-electron chi connectivity index (χ0n) is 8.82. The second-order valence-electron chi connectivity index (χ2n) is 4.18. The molecule has 0 saturated carbocycles. The van der Waals surface area contributed by atoms with Crippen molar-refractivity contribution in [1.29, 1.82) is 0 Å². The molecular weight excluding hydrogens is 196 g/mol. The van der Waals surface area contributed by atoms with Crippen LogP contribution in [0.3, 0.4) is 0 Å². The van der Waals surface area contributed by atoms with Gasteiger partial charge < -0.3 is 15.2 Å². The van der Waals surface area contributed by atoms with Crippen LogP contribution in [0.2, 0.25) is 0 Å². The maximum atomic E-state index is 11.3. The summed E-state index contributed by atoms with van der Waals surface area (Å²) in [6, 6.07) is -0.330. The SMILES string of the molecule is O=C(O)C(C1CCNC1)N1CCOCC1. The summed E-state index contributed by atoms with van der Waals surface area (Å²) in [5.74, 6) is -0.439. The van der Waals surface area contributed by atoms with E-state index >= 15 is 0 Å². The first-order valence-electron chi connectivity index (χ1n) is 5.54. The molecule has 5 nitrogen and oxygen atoms in total. The quantitative estimate of drug-likeness (QED) is 0.655. The number of hydrogen-bond donors (Lipinski definition) is 2. The van der Waals surface area contributed by atoms with E-state index in [-0.39, 0.29) is 12.0 Å². The summed E-state index contributed by atoms with van der Waals surface area (Å²) >= 11 is 0. The van der Waals surface area contributed by atoms with Crippen molar-refractivity contribution in [2.75, 3.05) is 39.4 Å². The van der Waals surface area contributed by atoms with Crippen LogP contribution in [-0.4, -0.2) is 61.4 Å². The van der Waals surface area contributed by atoms with Gasteiger partial charge in [0.2, 0.25) is 0 Å². The molecule has 5 heteroatoms. The highest BCUT2D eigenvalue weighted by Crippen LogP contribution is 2.19. The predicted octanol–water partition coefficient (Wildman–Crippen LogP) is -0.619. The van der Waals surface area contributed by atoms with Gasteiger partial charge in [0.05, 0.1) is 13.2 Å². The van der Waals surface area contributed by atoms with Crippen LogP contribution in [0.25, 0.3) is 0 Å². The maximum Gasteiger partial charge on any atom is 0.321 e. The zero-order valence-corrected chi connectivity index (χ0v) is 8.82. The van der Waals surface area contributed by atoms with E-state index in [0.717, 1.165) is 32.6 Å². The largest absolute Gasteiger partial charge is 0.480 e. The Hall–Kier alpha value is -0.650. The molecule has 0 aromatic heterocycles. The summed E-state index contributed by atoms with van der Waals surface area (Å²) in [5.41, 5.74) is 0. The normalized spacial score (nSPS) is 30.3. The summed E-state index contributed by atoms with van der Waals surface area (Å²) in [4.78, 5) is 13.3. The summed E-state index contributed by atoms with van der Waals surface area (Å²) in [5, 5.41) is 12.5. The molecule has 2 saturated heterocycles. The van der Waals surface area contributed by atoms with Crippen LogP contribution in [0.5, 0.6) is 0 Å². The van der Waals surface area contributed by atoms with E-state index in [1.807, 2.05) is 4.90 Å². The molecule has 2 aliphatic heterocycles. The molecule has 0 aliphatic carbocycles. The average molecular weight is 214 g/mol. The molecule has 2 fully saturated rings. The van der Waals surface area contributed by atoms with Crippen molar-refractivity contribution in [3.05, 3.63) is 0 Å². The van der Waals surface area contributed by atoms with E-state index < -0.39 is 5.97 Å². The van der Waals surface area contributed by atoms with Gasteiger partial charge in [-0.2, -0.15) is 0 Å². The summed E-state index contributed by atoms with van der Waals surface area (Å²) in [6.07, 6.45) is 0.967. The minimum atomic E-state index is -0.689. The van der Waals surface area contributed by atoms with Crippen LogP contribution in [0.1, 0.15) is 6.42 Å².